The molecule has 3 aromatic carbocycles. The Balaban J connectivity index is 1.76. The Morgan fingerprint density at radius 3 is 2.47 bits per heavy atom. The van der Waals surface area contributed by atoms with Gasteiger partial charge in [0, 0.05) is 20.7 Å². The molecule has 4 rings (SSSR count). The van der Waals surface area contributed by atoms with Crippen molar-refractivity contribution in [3.05, 3.63) is 93.2 Å². The highest BCUT2D eigenvalue weighted by Gasteiger charge is 2.19. The minimum Gasteiger partial charge on any atom is -0.319 e. The number of hydrogen-bond donors (Lipinski definition) is 1. The van der Waals surface area contributed by atoms with Gasteiger partial charge in [-0.25, -0.2) is 9.67 Å². The van der Waals surface area contributed by atoms with Crippen LogP contribution < -0.4 is 5.32 Å². The molecule has 1 amide bonds. The number of carbonyl (C=O) groups is 1. The SMILES string of the molecule is Cc1ccc(-n2nc(C(=O)Nc3ccc(Br)cc3C)nc2-c2ccccc2)cc1Cl. The molecule has 150 valence electrons. The van der Waals surface area contributed by atoms with E-state index in [0.717, 1.165) is 26.9 Å². The summed E-state index contributed by atoms with van der Waals surface area (Å²) in [6.07, 6.45) is 0. The van der Waals surface area contributed by atoms with Crippen molar-refractivity contribution in [2.45, 2.75) is 13.8 Å². The predicted molar refractivity (Wildman–Crippen MR) is 123 cm³/mol. The molecule has 30 heavy (non-hydrogen) atoms. The zero-order valence-corrected chi connectivity index (χ0v) is 18.7. The van der Waals surface area contributed by atoms with Crippen molar-refractivity contribution in [1.82, 2.24) is 14.8 Å². The Hall–Kier alpha value is -2.96. The number of nitrogens with one attached hydrogen (secondary N) is 1. The Bertz CT molecular complexity index is 1240. The highest BCUT2D eigenvalue weighted by molar-refractivity contribution is 9.10. The molecule has 7 heteroatoms. The largest absolute Gasteiger partial charge is 0.319 e. The predicted octanol–water partition coefficient (Wildman–Crippen LogP) is 6.22. The summed E-state index contributed by atoms with van der Waals surface area (Å²) in [4.78, 5) is 17.5. The molecule has 0 unspecified atom stereocenters. The van der Waals surface area contributed by atoms with Gasteiger partial charge in [0.15, 0.2) is 5.82 Å². The smallest absolute Gasteiger partial charge is 0.295 e. The molecule has 1 N–H and O–H groups in total. The lowest BCUT2D eigenvalue weighted by atomic mass is 10.2. The van der Waals surface area contributed by atoms with E-state index >= 15 is 0 Å². The van der Waals surface area contributed by atoms with E-state index in [0.29, 0.717) is 16.5 Å². The van der Waals surface area contributed by atoms with Gasteiger partial charge in [0.2, 0.25) is 5.82 Å². The number of aromatic nitrogens is 3. The molecule has 0 radical (unpaired) electrons. The highest BCUT2D eigenvalue weighted by Crippen LogP contribution is 2.25. The summed E-state index contributed by atoms with van der Waals surface area (Å²) in [6.45, 7) is 3.86. The Kier molecular flexibility index (Phi) is 5.70. The van der Waals surface area contributed by atoms with Gasteiger partial charge in [0.1, 0.15) is 0 Å². The van der Waals surface area contributed by atoms with Gasteiger partial charge < -0.3 is 5.32 Å². The van der Waals surface area contributed by atoms with Crippen molar-refractivity contribution in [3.8, 4) is 17.1 Å². The van der Waals surface area contributed by atoms with Crippen LogP contribution in [-0.4, -0.2) is 20.7 Å². The van der Waals surface area contributed by atoms with Crippen molar-refractivity contribution in [2.24, 2.45) is 0 Å². The molecule has 0 aliphatic heterocycles. The Morgan fingerprint density at radius 1 is 1.00 bits per heavy atom. The summed E-state index contributed by atoms with van der Waals surface area (Å²) in [5.74, 6) is 0.260. The molecular weight excluding hydrogens is 464 g/mol. The van der Waals surface area contributed by atoms with Crippen molar-refractivity contribution in [3.63, 3.8) is 0 Å². The van der Waals surface area contributed by atoms with Gasteiger partial charge in [0.05, 0.1) is 5.69 Å². The number of hydrogen-bond acceptors (Lipinski definition) is 3. The van der Waals surface area contributed by atoms with Gasteiger partial charge in [-0.2, -0.15) is 0 Å². The third kappa shape index (κ3) is 4.15. The lowest BCUT2D eigenvalue weighted by Gasteiger charge is -2.07. The number of carbonyl (C=O) groups excluding carboxylic acids is 1. The summed E-state index contributed by atoms with van der Waals surface area (Å²) < 4.78 is 2.59. The van der Waals surface area contributed by atoms with E-state index in [4.69, 9.17) is 11.6 Å². The van der Waals surface area contributed by atoms with Gasteiger partial charge in [-0.3, -0.25) is 4.79 Å². The second-order valence-corrected chi connectivity index (χ2v) is 8.21. The number of aryl methyl sites for hydroxylation is 2. The summed E-state index contributed by atoms with van der Waals surface area (Å²) in [7, 11) is 0. The molecule has 0 atom stereocenters. The standard InChI is InChI=1S/C23H18BrClN4O/c1-14-8-10-18(13-19(14)25)29-22(16-6-4-3-5-7-16)27-21(28-29)23(30)26-20-11-9-17(24)12-15(20)2/h3-13H,1-2H3,(H,26,30). The molecule has 0 spiro atoms. The van der Waals surface area contributed by atoms with E-state index < -0.39 is 0 Å². The minimum absolute atomic E-state index is 0.0767. The first-order valence-corrected chi connectivity index (χ1v) is 10.5. The molecule has 5 nitrogen and oxygen atoms in total. The first-order valence-electron chi connectivity index (χ1n) is 9.29. The van der Waals surface area contributed by atoms with Crippen LogP contribution in [0.3, 0.4) is 0 Å². The second-order valence-electron chi connectivity index (χ2n) is 6.88. The number of anilines is 1. The van der Waals surface area contributed by atoms with Gasteiger partial charge >= 0.3 is 0 Å². The van der Waals surface area contributed by atoms with Crippen molar-refractivity contribution in [1.29, 1.82) is 0 Å². The molecule has 1 aromatic heterocycles. The monoisotopic (exact) mass is 480 g/mol. The molecule has 1 heterocycles. The van der Waals surface area contributed by atoms with Crippen molar-refractivity contribution < 1.29 is 4.79 Å². The Labute approximate surface area is 187 Å². The topological polar surface area (TPSA) is 59.8 Å². The quantitative estimate of drug-likeness (QED) is 0.376. The first kappa shape index (κ1) is 20.3. The third-order valence-corrected chi connectivity index (χ3v) is 5.58. The summed E-state index contributed by atoms with van der Waals surface area (Å²) in [6, 6.07) is 20.9. The zero-order chi connectivity index (χ0) is 21.3. The van der Waals surface area contributed by atoms with Crippen molar-refractivity contribution in [2.75, 3.05) is 5.32 Å². The van der Waals surface area contributed by atoms with E-state index in [1.807, 2.05) is 80.6 Å². The van der Waals surface area contributed by atoms with Crippen molar-refractivity contribution >= 4 is 39.1 Å². The van der Waals surface area contributed by atoms with Crippen LogP contribution in [0.5, 0.6) is 0 Å². The molecule has 0 saturated carbocycles. The maximum Gasteiger partial charge on any atom is 0.295 e. The van der Waals surface area contributed by atoms with E-state index in [1.54, 1.807) is 4.68 Å². The molecule has 0 bridgehead atoms. The lowest BCUT2D eigenvalue weighted by molar-refractivity contribution is 0.101. The maximum atomic E-state index is 12.9. The van der Waals surface area contributed by atoms with Crippen LogP contribution >= 0.6 is 27.5 Å². The summed E-state index contributed by atoms with van der Waals surface area (Å²) >= 11 is 9.76. The van der Waals surface area contributed by atoms with Crippen LogP contribution in [0.4, 0.5) is 5.69 Å². The average Bonchev–Trinajstić information content (AvgIpc) is 3.18. The fourth-order valence-corrected chi connectivity index (χ4v) is 3.67. The van der Waals surface area contributed by atoms with Crippen LogP contribution in [-0.2, 0) is 0 Å². The minimum atomic E-state index is -0.380. The molecule has 0 aliphatic carbocycles. The first-order chi connectivity index (χ1) is 14.4. The summed E-state index contributed by atoms with van der Waals surface area (Å²) in [5.41, 5.74) is 4.19. The molecule has 0 saturated heterocycles. The van der Waals surface area contributed by atoms with Gasteiger partial charge in [-0.05, 0) is 55.3 Å². The van der Waals surface area contributed by atoms with Crippen LogP contribution in [0.1, 0.15) is 21.7 Å². The van der Waals surface area contributed by atoms with Crippen LogP contribution in [0, 0.1) is 13.8 Å². The number of nitrogens with zero attached hydrogens (tertiary/aromatic N) is 3. The second kappa shape index (κ2) is 8.42. The summed E-state index contributed by atoms with van der Waals surface area (Å²) in [5, 5.41) is 8.01. The average molecular weight is 482 g/mol. The fraction of sp³-hybridized carbons (Fsp3) is 0.0870. The number of rotatable bonds is 4. The fourth-order valence-electron chi connectivity index (χ4n) is 3.02. The van der Waals surface area contributed by atoms with Crippen LogP contribution in [0.25, 0.3) is 17.1 Å². The normalized spacial score (nSPS) is 10.8. The molecule has 0 aliphatic rings. The number of benzene rings is 3. The van der Waals surface area contributed by atoms with E-state index in [-0.39, 0.29) is 11.7 Å². The lowest BCUT2D eigenvalue weighted by Crippen LogP contribution is -2.15. The van der Waals surface area contributed by atoms with E-state index in [1.165, 1.54) is 0 Å². The van der Waals surface area contributed by atoms with Gasteiger partial charge in [-0.15, -0.1) is 5.10 Å². The van der Waals surface area contributed by atoms with E-state index in [2.05, 4.69) is 31.3 Å². The molecule has 0 fully saturated rings. The number of halogens is 2. The van der Waals surface area contributed by atoms with E-state index in [9.17, 15) is 4.79 Å². The zero-order valence-electron chi connectivity index (χ0n) is 16.4. The molecule has 4 aromatic rings. The highest BCUT2D eigenvalue weighted by atomic mass is 79.9. The maximum absolute atomic E-state index is 12.9. The van der Waals surface area contributed by atoms with Gasteiger partial charge in [0.25, 0.3) is 5.91 Å². The molecular formula is C23H18BrClN4O. The van der Waals surface area contributed by atoms with Gasteiger partial charge in [-0.1, -0.05) is 63.9 Å². The third-order valence-electron chi connectivity index (χ3n) is 4.68. The van der Waals surface area contributed by atoms with Crippen LogP contribution in [0.2, 0.25) is 5.02 Å². The van der Waals surface area contributed by atoms with Crippen LogP contribution in [0.15, 0.2) is 71.2 Å². The Morgan fingerprint density at radius 2 is 1.77 bits per heavy atom. The number of amides is 1.